The number of benzene rings is 1. The van der Waals surface area contributed by atoms with E-state index in [9.17, 15) is 5.11 Å². The Balaban J connectivity index is 2.61. The maximum absolute atomic E-state index is 9.56. The Labute approximate surface area is 81.4 Å². The molecule has 0 aliphatic rings. The van der Waals surface area contributed by atoms with Gasteiger partial charge in [-0.25, -0.2) is 0 Å². The molecule has 3 heteroatoms. The lowest BCUT2D eigenvalue weighted by Crippen LogP contribution is -1.95. The van der Waals surface area contributed by atoms with Gasteiger partial charge < -0.3 is 15.3 Å². The fourth-order valence-electron chi connectivity index (χ4n) is 1.29. The first-order valence-corrected chi connectivity index (χ1v) is 4.33. The number of hydrogen-bond acceptors (Lipinski definition) is 3. The highest BCUT2D eigenvalue weighted by Gasteiger charge is 2.08. The lowest BCUT2D eigenvalue weighted by molar-refractivity contribution is 0.466. The third-order valence-electron chi connectivity index (χ3n) is 2.03. The van der Waals surface area contributed by atoms with Gasteiger partial charge in [-0.2, -0.15) is 0 Å². The van der Waals surface area contributed by atoms with Gasteiger partial charge in [-0.15, -0.1) is 0 Å². The van der Waals surface area contributed by atoms with E-state index in [1.54, 1.807) is 13.0 Å². The van der Waals surface area contributed by atoms with E-state index in [1.807, 2.05) is 24.3 Å². The molecule has 2 rings (SSSR count). The van der Waals surface area contributed by atoms with Crippen molar-refractivity contribution < 1.29 is 9.52 Å². The predicted molar refractivity (Wildman–Crippen MR) is 55.6 cm³/mol. The molecule has 14 heavy (non-hydrogen) atoms. The van der Waals surface area contributed by atoms with Crippen molar-refractivity contribution in [3.8, 4) is 0 Å². The van der Waals surface area contributed by atoms with Crippen LogP contribution in [0.1, 0.15) is 12.7 Å². The molecule has 0 fully saturated rings. The number of rotatable bonds is 1. The largest absolute Gasteiger partial charge is 0.503 e. The van der Waals surface area contributed by atoms with Gasteiger partial charge in [-0.3, -0.25) is 0 Å². The van der Waals surface area contributed by atoms with Crippen LogP contribution in [0.5, 0.6) is 0 Å². The van der Waals surface area contributed by atoms with Crippen molar-refractivity contribution in [3.05, 3.63) is 41.8 Å². The minimum atomic E-state index is 0.00111. The van der Waals surface area contributed by atoms with Crippen molar-refractivity contribution in [2.45, 2.75) is 6.92 Å². The quantitative estimate of drug-likeness (QED) is 0.678. The molecule has 3 N–H and O–H groups in total. The second kappa shape index (κ2) is 3.10. The minimum Gasteiger partial charge on any atom is -0.503 e. The van der Waals surface area contributed by atoms with E-state index >= 15 is 0 Å². The summed E-state index contributed by atoms with van der Waals surface area (Å²) in [5, 5.41) is 10.5. The Hall–Kier alpha value is -1.90. The van der Waals surface area contributed by atoms with Gasteiger partial charge >= 0.3 is 0 Å². The van der Waals surface area contributed by atoms with Crippen LogP contribution in [0.2, 0.25) is 0 Å². The predicted octanol–water partition coefficient (Wildman–Crippen LogP) is 2.64. The molecule has 0 aliphatic heterocycles. The normalized spacial score (nSPS) is 12.9. The molecule has 3 nitrogen and oxygen atoms in total. The first-order chi connectivity index (χ1) is 6.68. The van der Waals surface area contributed by atoms with Gasteiger partial charge in [0.05, 0.1) is 5.70 Å². The number of hydrogen-bond donors (Lipinski definition) is 2. The van der Waals surface area contributed by atoms with E-state index in [0.717, 1.165) is 11.0 Å². The molecule has 72 valence electrons. The third kappa shape index (κ3) is 1.33. The lowest BCUT2D eigenvalue weighted by atomic mass is 10.2. The van der Waals surface area contributed by atoms with Gasteiger partial charge in [0, 0.05) is 5.39 Å². The Kier molecular flexibility index (Phi) is 1.93. The van der Waals surface area contributed by atoms with E-state index in [4.69, 9.17) is 10.2 Å². The zero-order valence-electron chi connectivity index (χ0n) is 7.82. The SMILES string of the molecule is C/C(N)=C(/O)c1cc2ccccc2o1. The van der Waals surface area contributed by atoms with E-state index in [2.05, 4.69) is 0 Å². The van der Waals surface area contributed by atoms with Crippen LogP contribution in [0, 0.1) is 0 Å². The van der Waals surface area contributed by atoms with E-state index in [1.165, 1.54) is 0 Å². The molecule has 0 radical (unpaired) electrons. The topological polar surface area (TPSA) is 59.4 Å². The number of fused-ring (bicyclic) bond motifs is 1. The smallest absolute Gasteiger partial charge is 0.177 e. The molecule has 1 heterocycles. The third-order valence-corrected chi connectivity index (χ3v) is 2.03. The first kappa shape index (κ1) is 8.69. The highest BCUT2D eigenvalue weighted by atomic mass is 16.4. The fourth-order valence-corrected chi connectivity index (χ4v) is 1.29. The molecular formula is C11H11NO2. The van der Waals surface area contributed by atoms with Crippen molar-refractivity contribution in [2.75, 3.05) is 0 Å². The van der Waals surface area contributed by atoms with Gasteiger partial charge in [-0.05, 0) is 19.1 Å². The summed E-state index contributed by atoms with van der Waals surface area (Å²) in [7, 11) is 0. The van der Waals surface area contributed by atoms with E-state index in [-0.39, 0.29) is 5.76 Å². The van der Waals surface area contributed by atoms with E-state index in [0.29, 0.717) is 11.5 Å². The summed E-state index contributed by atoms with van der Waals surface area (Å²) in [6.07, 6.45) is 0. The zero-order chi connectivity index (χ0) is 10.1. The van der Waals surface area contributed by atoms with Gasteiger partial charge in [0.2, 0.25) is 0 Å². The Morgan fingerprint density at radius 2 is 2.07 bits per heavy atom. The van der Waals surface area contributed by atoms with Crippen molar-refractivity contribution in [1.82, 2.24) is 0 Å². The van der Waals surface area contributed by atoms with E-state index < -0.39 is 0 Å². The summed E-state index contributed by atoms with van der Waals surface area (Å²) in [6, 6.07) is 9.32. The molecule has 0 spiro atoms. The van der Waals surface area contributed by atoms with Crippen LogP contribution in [0.25, 0.3) is 16.7 Å². The summed E-state index contributed by atoms with van der Waals surface area (Å²) in [4.78, 5) is 0. The fraction of sp³-hybridized carbons (Fsp3) is 0.0909. The second-order valence-electron chi connectivity index (χ2n) is 3.18. The summed E-state index contributed by atoms with van der Waals surface area (Å²) < 4.78 is 5.40. The van der Waals surface area contributed by atoms with Crippen LogP contribution in [-0.4, -0.2) is 5.11 Å². The van der Waals surface area contributed by atoms with Crippen molar-refractivity contribution in [2.24, 2.45) is 5.73 Å². The van der Waals surface area contributed by atoms with Gasteiger partial charge in [0.1, 0.15) is 5.58 Å². The van der Waals surface area contributed by atoms with Gasteiger partial charge in [-0.1, -0.05) is 18.2 Å². The number of allylic oxidation sites excluding steroid dienone is 1. The second-order valence-corrected chi connectivity index (χ2v) is 3.18. The molecule has 1 aromatic carbocycles. The van der Waals surface area contributed by atoms with Crippen LogP contribution in [0.15, 0.2) is 40.4 Å². The minimum absolute atomic E-state index is 0.00111. The molecule has 0 atom stereocenters. The maximum atomic E-state index is 9.56. The Morgan fingerprint density at radius 1 is 1.36 bits per heavy atom. The number of aliphatic hydroxyl groups excluding tert-OH is 1. The maximum Gasteiger partial charge on any atom is 0.177 e. The number of furan rings is 1. The van der Waals surface area contributed by atoms with Crippen LogP contribution >= 0.6 is 0 Å². The van der Waals surface area contributed by atoms with Crippen LogP contribution in [0.3, 0.4) is 0 Å². The Morgan fingerprint density at radius 3 is 2.71 bits per heavy atom. The van der Waals surface area contributed by atoms with Crippen LogP contribution in [-0.2, 0) is 0 Å². The Bertz CT molecular complexity index is 460. The highest BCUT2D eigenvalue weighted by molar-refractivity contribution is 5.80. The summed E-state index contributed by atoms with van der Waals surface area (Å²) in [6.45, 7) is 1.63. The molecule has 0 unspecified atom stereocenters. The monoisotopic (exact) mass is 189 g/mol. The molecule has 0 saturated heterocycles. The van der Waals surface area contributed by atoms with Crippen LogP contribution in [0.4, 0.5) is 0 Å². The summed E-state index contributed by atoms with van der Waals surface area (Å²) in [5.74, 6) is 0.410. The number of aliphatic hydroxyl groups is 1. The molecule has 0 aliphatic carbocycles. The number of nitrogens with two attached hydrogens (primary N) is 1. The highest BCUT2D eigenvalue weighted by Crippen LogP contribution is 2.23. The molecular weight excluding hydrogens is 178 g/mol. The molecule has 1 aromatic heterocycles. The zero-order valence-corrected chi connectivity index (χ0v) is 7.82. The van der Waals surface area contributed by atoms with Crippen molar-refractivity contribution in [1.29, 1.82) is 0 Å². The summed E-state index contributed by atoms with van der Waals surface area (Å²) in [5.41, 5.74) is 6.56. The van der Waals surface area contributed by atoms with Crippen molar-refractivity contribution in [3.63, 3.8) is 0 Å². The average Bonchev–Trinajstić information content (AvgIpc) is 2.59. The lowest BCUT2D eigenvalue weighted by Gasteiger charge is -1.95. The first-order valence-electron chi connectivity index (χ1n) is 4.33. The van der Waals surface area contributed by atoms with Gasteiger partial charge in [0.25, 0.3) is 0 Å². The molecule has 0 saturated carbocycles. The standard InChI is InChI=1S/C11H11NO2/c1-7(12)11(13)10-6-8-4-2-3-5-9(8)14-10/h2-6,13H,12H2,1H3/b11-7-. The molecule has 0 bridgehead atoms. The summed E-state index contributed by atoms with van der Waals surface area (Å²) >= 11 is 0. The molecule has 2 aromatic rings. The van der Waals surface area contributed by atoms with Gasteiger partial charge in [0.15, 0.2) is 11.5 Å². The van der Waals surface area contributed by atoms with Crippen LogP contribution < -0.4 is 5.73 Å². The molecule has 0 amide bonds. The van der Waals surface area contributed by atoms with Crippen molar-refractivity contribution >= 4 is 16.7 Å². The number of para-hydroxylation sites is 1. The average molecular weight is 189 g/mol.